The maximum absolute atomic E-state index is 10.7. The van der Waals surface area contributed by atoms with Gasteiger partial charge in [0.05, 0.1) is 6.54 Å². The fraction of sp³-hybridized carbons (Fsp3) is 0.300. The van der Waals surface area contributed by atoms with Crippen molar-refractivity contribution in [2.24, 2.45) is 0 Å². The summed E-state index contributed by atoms with van der Waals surface area (Å²) in [6.07, 6.45) is 0. The molecule has 84 valence electrons. The van der Waals surface area contributed by atoms with Gasteiger partial charge in [-0.3, -0.25) is 0 Å². The van der Waals surface area contributed by atoms with Gasteiger partial charge in [0.25, 0.3) is 0 Å². The first-order valence-electron chi connectivity index (χ1n) is 4.53. The zero-order valence-corrected chi connectivity index (χ0v) is 8.69. The Morgan fingerprint density at radius 3 is 2.88 bits per heavy atom. The first-order valence-corrected chi connectivity index (χ1v) is 4.53. The SMILES string of the molecule is Cc1cc(C(=O)O)nc(NCC#CCO)n1. The quantitative estimate of drug-likeness (QED) is 0.616. The third-order valence-electron chi connectivity index (χ3n) is 1.61. The highest BCUT2D eigenvalue weighted by Gasteiger charge is 2.07. The fourth-order valence-corrected chi connectivity index (χ4v) is 0.999. The summed E-state index contributed by atoms with van der Waals surface area (Å²) < 4.78 is 0. The summed E-state index contributed by atoms with van der Waals surface area (Å²) in [6, 6.07) is 1.38. The van der Waals surface area contributed by atoms with Crippen molar-refractivity contribution in [3.05, 3.63) is 17.5 Å². The van der Waals surface area contributed by atoms with Crippen LogP contribution in [0.15, 0.2) is 6.07 Å². The molecule has 6 heteroatoms. The van der Waals surface area contributed by atoms with Crippen LogP contribution in [0, 0.1) is 18.8 Å². The fourth-order valence-electron chi connectivity index (χ4n) is 0.999. The predicted octanol–water partition coefficient (Wildman–Crippen LogP) is -0.109. The summed E-state index contributed by atoms with van der Waals surface area (Å²) in [5.74, 6) is 4.17. The molecule has 1 heterocycles. The van der Waals surface area contributed by atoms with Gasteiger partial charge in [-0.15, -0.1) is 0 Å². The number of hydrogen-bond donors (Lipinski definition) is 3. The van der Waals surface area contributed by atoms with E-state index in [4.69, 9.17) is 10.2 Å². The Morgan fingerprint density at radius 1 is 1.50 bits per heavy atom. The van der Waals surface area contributed by atoms with Crippen LogP contribution in [0.25, 0.3) is 0 Å². The highest BCUT2D eigenvalue weighted by atomic mass is 16.4. The van der Waals surface area contributed by atoms with E-state index in [0.29, 0.717) is 5.69 Å². The molecular formula is C10H11N3O3. The average molecular weight is 221 g/mol. The van der Waals surface area contributed by atoms with Gasteiger partial charge >= 0.3 is 5.97 Å². The van der Waals surface area contributed by atoms with Crippen molar-refractivity contribution in [3.63, 3.8) is 0 Å². The number of hydrogen-bond acceptors (Lipinski definition) is 5. The van der Waals surface area contributed by atoms with Gasteiger partial charge in [-0.2, -0.15) is 0 Å². The second kappa shape index (κ2) is 5.68. The van der Waals surface area contributed by atoms with Crippen LogP contribution in [0.5, 0.6) is 0 Å². The zero-order valence-electron chi connectivity index (χ0n) is 8.69. The maximum Gasteiger partial charge on any atom is 0.354 e. The summed E-state index contributed by atoms with van der Waals surface area (Å²) in [5.41, 5.74) is 0.495. The van der Waals surface area contributed by atoms with E-state index in [-0.39, 0.29) is 24.8 Å². The lowest BCUT2D eigenvalue weighted by atomic mass is 10.3. The van der Waals surface area contributed by atoms with E-state index in [0.717, 1.165) is 0 Å². The van der Waals surface area contributed by atoms with E-state index >= 15 is 0 Å². The van der Waals surface area contributed by atoms with E-state index in [2.05, 4.69) is 27.1 Å². The second-order valence-electron chi connectivity index (χ2n) is 2.89. The van der Waals surface area contributed by atoms with Crippen molar-refractivity contribution in [1.82, 2.24) is 9.97 Å². The number of anilines is 1. The van der Waals surface area contributed by atoms with Gasteiger partial charge in [0, 0.05) is 5.69 Å². The Labute approximate surface area is 92.4 Å². The molecule has 0 unspecified atom stereocenters. The number of nitrogens with zero attached hydrogens (tertiary/aromatic N) is 2. The number of carbonyl (C=O) groups is 1. The molecule has 0 atom stereocenters. The minimum atomic E-state index is -1.10. The molecular weight excluding hydrogens is 210 g/mol. The number of carboxylic acids is 1. The van der Waals surface area contributed by atoms with Crippen LogP contribution in [0.1, 0.15) is 16.2 Å². The molecule has 0 radical (unpaired) electrons. The molecule has 1 aromatic heterocycles. The van der Waals surface area contributed by atoms with Crippen LogP contribution in [-0.4, -0.2) is 39.3 Å². The van der Waals surface area contributed by atoms with Gasteiger partial charge in [0.2, 0.25) is 5.95 Å². The second-order valence-corrected chi connectivity index (χ2v) is 2.89. The summed E-state index contributed by atoms with van der Waals surface area (Å²) >= 11 is 0. The summed E-state index contributed by atoms with van der Waals surface area (Å²) in [7, 11) is 0. The molecule has 0 saturated carbocycles. The predicted molar refractivity (Wildman–Crippen MR) is 57.1 cm³/mol. The van der Waals surface area contributed by atoms with Crippen molar-refractivity contribution < 1.29 is 15.0 Å². The average Bonchev–Trinajstić information content (AvgIpc) is 2.23. The molecule has 0 aliphatic heterocycles. The number of aliphatic hydroxyl groups is 1. The van der Waals surface area contributed by atoms with Crippen LogP contribution in [0.4, 0.5) is 5.95 Å². The van der Waals surface area contributed by atoms with Crippen LogP contribution in [0.3, 0.4) is 0 Å². The summed E-state index contributed by atoms with van der Waals surface area (Å²) in [5, 5.41) is 19.9. The van der Waals surface area contributed by atoms with Gasteiger partial charge in [-0.1, -0.05) is 11.8 Å². The third kappa shape index (κ3) is 3.55. The first kappa shape index (κ1) is 11.9. The van der Waals surface area contributed by atoms with Gasteiger partial charge in [0.1, 0.15) is 6.61 Å². The summed E-state index contributed by atoms with van der Waals surface area (Å²) in [6.45, 7) is 1.72. The number of carboxylic acid groups (broad SMARTS) is 1. The molecule has 16 heavy (non-hydrogen) atoms. The van der Waals surface area contributed by atoms with Crippen LogP contribution in [0.2, 0.25) is 0 Å². The van der Waals surface area contributed by atoms with E-state index < -0.39 is 5.97 Å². The molecule has 0 saturated heterocycles. The molecule has 3 N–H and O–H groups in total. The highest BCUT2D eigenvalue weighted by molar-refractivity contribution is 5.85. The standard InChI is InChI=1S/C10H11N3O3/c1-7-6-8(9(15)16)13-10(12-7)11-4-2-3-5-14/h6,14H,4-5H2,1H3,(H,15,16)(H,11,12,13). The van der Waals surface area contributed by atoms with E-state index in [1.165, 1.54) is 6.07 Å². The molecule has 6 nitrogen and oxygen atoms in total. The molecule has 0 spiro atoms. The van der Waals surface area contributed by atoms with Crippen LogP contribution < -0.4 is 5.32 Å². The smallest absolute Gasteiger partial charge is 0.354 e. The molecule has 0 fully saturated rings. The number of rotatable bonds is 3. The Balaban J connectivity index is 2.76. The molecule has 0 aliphatic carbocycles. The normalized spacial score (nSPS) is 9.12. The van der Waals surface area contributed by atoms with E-state index in [1.807, 2.05) is 0 Å². The lowest BCUT2D eigenvalue weighted by Gasteiger charge is -2.02. The molecule has 0 aromatic carbocycles. The van der Waals surface area contributed by atoms with Crippen molar-refractivity contribution >= 4 is 11.9 Å². The molecule has 0 aliphatic rings. The monoisotopic (exact) mass is 221 g/mol. The maximum atomic E-state index is 10.7. The minimum absolute atomic E-state index is 0.0647. The van der Waals surface area contributed by atoms with Crippen molar-refractivity contribution in [2.75, 3.05) is 18.5 Å². The summed E-state index contributed by atoms with van der Waals surface area (Å²) in [4.78, 5) is 18.5. The Kier molecular flexibility index (Phi) is 4.24. The highest BCUT2D eigenvalue weighted by Crippen LogP contribution is 2.04. The Hall–Kier alpha value is -2.13. The number of aromatic nitrogens is 2. The molecule has 0 amide bonds. The van der Waals surface area contributed by atoms with E-state index in [1.54, 1.807) is 6.92 Å². The van der Waals surface area contributed by atoms with Gasteiger partial charge in [-0.25, -0.2) is 14.8 Å². The van der Waals surface area contributed by atoms with Gasteiger partial charge in [-0.05, 0) is 13.0 Å². The largest absolute Gasteiger partial charge is 0.477 e. The van der Waals surface area contributed by atoms with Crippen molar-refractivity contribution in [2.45, 2.75) is 6.92 Å². The number of aryl methyl sites for hydroxylation is 1. The van der Waals surface area contributed by atoms with Gasteiger partial charge in [0.15, 0.2) is 5.69 Å². The number of nitrogens with one attached hydrogen (secondary N) is 1. The molecule has 1 rings (SSSR count). The van der Waals surface area contributed by atoms with Crippen LogP contribution in [-0.2, 0) is 0 Å². The minimum Gasteiger partial charge on any atom is -0.477 e. The van der Waals surface area contributed by atoms with Gasteiger partial charge < -0.3 is 15.5 Å². The van der Waals surface area contributed by atoms with Crippen LogP contribution >= 0.6 is 0 Å². The number of aliphatic hydroxyl groups excluding tert-OH is 1. The lowest BCUT2D eigenvalue weighted by molar-refractivity contribution is 0.0690. The third-order valence-corrected chi connectivity index (χ3v) is 1.61. The zero-order chi connectivity index (χ0) is 12.0. The first-order chi connectivity index (χ1) is 7.63. The topological polar surface area (TPSA) is 95.3 Å². The molecule has 0 bridgehead atoms. The Bertz CT molecular complexity index is 448. The Morgan fingerprint density at radius 2 is 2.25 bits per heavy atom. The lowest BCUT2D eigenvalue weighted by Crippen LogP contribution is -2.09. The molecule has 1 aromatic rings. The van der Waals surface area contributed by atoms with Crippen molar-refractivity contribution in [1.29, 1.82) is 0 Å². The van der Waals surface area contributed by atoms with Crippen molar-refractivity contribution in [3.8, 4) is 11.8 Å². The number of aromatic carboxylic acids is 1. The van der Waals surface area contributed by atoms with E-state index in [9.17, 15) is 4.79 Å².